The summed E-state index contributed by atoms with van der Waals surface area (Å²) in [6.07, 6.45) is 5.03. The summed E-state index contributed by atoms with van der Waals surface area (Å²) < 4.78 is 0. The Bertz CT molecular complexity index is 650. The molecule has 2 heterocycles. The van der Waals surface area contributed by atoms with Crippen LogP contribution < -0.4 is 0 Å². The van der Waals surface area contributed by atoms with E-state index in [2.05, 4.69) is 14.9 Å². The molecule has 5 nitrogen and oxygen atoms in total. The number of para-hydroxylation sites is 2. The van der Waals surface area contributed by atoms with Crippen LogP contribution in [-0.4, -0.2) is 57.9 Å². The van der Waals surface area contributed by atoms with Crippen molar-refractivity contribution in [3.05, 3.63) is 30.1 Å². The zero-order valence-electron chi connectivity index (χ0n) is 13.5. The number of piperazine rings is 1. The smallest absolute Gasteiger partial charge is 0.222 e. The van der Waals surface area contributed by atoms with Crippen LogP contribution in [0, 0.1) is 0 Å². The van der Waals surface area contributed by atoms with Gasteiger partial charge < -0.3 is 9.88 Å². The molecule has 1 aromatic heterocycles. The van der Waals surface area contributed by atoms with Crippen molar-refractivity contribution >= 4 is 16.9 Å². The van der Waals surface area contributed by atoms with Crippen molar-refractivity contribution in [3.8, 4) is 0 Å². The summed E-state index contributed by atoms with van der Waals surface area (Å²) >= 11 is 0. The SMILES string of the molecule is O=C(CCCc1nc2ccccc2[nH]1)N1CCN(C2CC2)CC1. The van der Waals surface area contributed by atoms with E-state index in [1.807, 2.05) is 29.2 Å². The van der Waals surface area contributed by atoms with Crippen LogP contribution >= 0.6 is 0 Å². The number of benzene rings is 1. The number of nitrogens with one attached hydrogen (secondary N) is 1. The van der Waals surface area contributed by atoms with E-state index in [1.165, 1.54) is 12.8 Å². The molecule has 1 saturated carbocycles. The fraction of sp³-hybridized carbons (Fsp3) is 0.556. The zero-order valence-corrected chi connectivity index (χ0v) is 13.5. The largest absolute Gasteiger partial charge is 0.342 e. The van der Waals surface area contributed by atoms with Gasteiger partial charge in [0.2, 0.25) is 5.91 Å². The number of nitrogens with zero attached hydrogens (tertiary/aromatic N) is 3. The molecular formula is C18H24N4O. The number of rotatable bonds is 5. The van der Waals surface area contributed by atoms with Crippen molar-refractivity contribution in [2.75, 3.05) is 26.2 Å². The second-order valence-electron chi connectivity index (χ2n) is 6.70. The lowest BCUT2D eigenvalue weighted by atomic mass is 10.2. The quantitative estimate of drug-likeness (QED) is 0.921. The first-order chi connectivity index (χ1) is 11.3. The summed E-state index contributed by atoms with van der Waals surface area (Å²) in [4.78, 5) is 24.8. The summed E-state index contributed by atoms with van der Waals surface area (Å²) in [5, 5.41) is 0. The number of aryl methyl sites for hydroxylation is 1. The van der Waals surface area contributed by atoms with Gasteiger partial charge in [0.15, 0.2) is 0 Å². The van der Waals surface area contributed by atoms with Gasteiger partial charge >= 0.3 is 0 Å². The number of amides is 1. The van der Waals surface area contributed by atoms with Crippen molar-refractivity contribution in [2.24, 2.45) is 0 Å². The summed E-state index contributed by atoms with van der Waals surface area (Å²) in [5.41, 5.74) is 2.08. The predicted octanol–water partition coefficient (Wildman–Crippen LogP) is 2.19. The molecule has 1 aliphatic carbocycles. The number of hydrogen-bond acceptors (Lipinski definition) is 3. The second kappa shape index (κ2) is 6.32. The van der Waals surface area contributed by atoms with Gasteiger partial charge in [0.25, 0.3) is 0 Å². The molecule has 0 radical (unpaired) electrons. The van der Waals surface area contributed by atoms with Crippen LogP contribution in [0.15, 0.2) is 24.3 Å². The number of aromatic amines is 1. The molecule has 2 aromatic rings. The standard InChI is InChI=1S/C18H24N4O/c23-18(22-12-10-21(11-13-22)14-8-9-14)7-3-6-17-19-15-4-1-2-5-16(15)20-17/h1-2,4-5,14H,3,6-13H2,(H,19,20). The topological polar surface area (TPSA) is 52.2 Å². The van der Waals surface area contributed by atoms with E-state index in [4.69, 9.17) is 0 Å². The first-order valence-corrected chi connectivity index (χ1v) is 8.75. The summed E-state index contributed by atoms with van der Waals surface area (Å²) in [5.74, 6) is 1.29. The number of carbonyl (C=O) groups is 1. The van der Waals surface area contributed by atoms with Gasteiger partial charge in [-0.3, -0.25) is 9.69 Å². The van der Waals surface area contributed by atoms with E-state index in [0.29, 0.717) is 12.3 Å². The van der Waals surface area contributed by atoms with Crippen molar-refractivity contribution in [2.45, 2.75) is 38.1 Å². The van der Waals surface area contributed by atoms with Crippen LogP contribution in [0.3, 0.4) is 0 Å². The van der Waals surface area contributed by atoms with E-state index in [9.17, 15) is 4.79 Å². The molecule has 2 fully saturated rings. The van der Waals surface area contributed by atoms with Crippen LogP contribution in [-0.2, 0) is 11.2 Å². The van der Waals surface area contributed by atoms with E-state index < -0.39 is 0 Å². The lowest BCUT2D eigenvalue weighted by Crippen LogP contribution is -2.49. The van der Waals surface area contributed by atoms with Crippen LogP contribution in [0.5, 0.6) is 0 Å². The van der Waals surface area contributed by atoms with E-state index in [-0.39, 0.29) is 0 Å². The molecule has 0 bridgehead atoms. The van der Waals surface area contributed by atoms with Crippen LogP contribution in [0.1, 0.15) is 31.5 Å². The van der Waals surface area contributed by atoms with Crippen LogP contribution in [0.2, 0.25) is 0 Å². The molecule has 1 saturated heterocycles. The molecule has 1 aromatic carbocycles. The fourth-order valence-electron chi connectivity index (χ4n) is 3.47. The Balaban J connectivity index is 1.23. The summed E-state index contributed by atoms with van der Waals surface area (Å²) in [7, 11) is 0. The Morgan fingerprint density at radius 2 is 1.96 bits per heavy atom. The van der Waals surface area contributed by atoms with Gasteiger partial charge in [-0.15, -0.1) is 0 Å². The third-order valence-electron chi connectivity index (χ3n) is 4.97. The molecule has 0 atom stereocenters. The second-order valence-corrected chi connectivity index (χ2v) is 6.70. The maximum atomic E-state index is 12.3. The van der Waals surface area contributed by atoms with Gasteiger partial charge in [-0.2, -0.15) is 0 Å². The van der Waals surface area contributed by atoms with Gasteiger partial charge in [0, 0.05) is 45.1 Å². The maximum absolute atomic E-state index is 12.3. The average molecular weight is 312 g/mol. The number of aromatic nitrogens is 2. The number of H-pyrrole nitrogens is 1. The lowest BCUT2D eigenvalue weighted by molar-refractivity contribution is -0.133. The molecule has 0 unspecified atom stereocenters. The molecule has 1 amide bonds. The van der Waals surface area contributed by atoms with Crippen molar-refractivity contribution < 1.29 is 4.79 Å². The third kappa shape index (κ3) is 3.39. The Hall–Kier alpha value is -1.88. The summed E-state index contributed by atoms with van der Waals surface area (Å²) in [6.45, 7) is 3.92. The molecule has 4 rings (SSSR count). The number of imidazole rings is 1. The molecule has 5 heteroatoms. The molecule has 1 N–H and O–H groups in total. The maximum Gasteiger partial charge on any atom is 0.222 e. The van der Waals surface area contributed by atoms with E-state index in [1.54, 1.807) is 0 Å². The monoisotopic (exact) mass is 312 g/mol. The van der Waals surface area contributed by atoms with Gasteiger partial charge in [0.1, 0.15) is 5.82 Å². The van der Waals surface area contributed by atoms with E-state index >= 15 is 0 Å². The van der Waals surface area contributed by atoms with Crippen molar-refractivity contribution in [1.29, 1.82) is 0 Å². The van der Waals surface area contributed by atoms with Crippen LogP contribution in [0.4, 0.5) is 0 Å². The molecular weight excluding hydrogens is 288 g/mol. The highest BCUT2D eigenvalue weighted by molar-refractivity contribution is 5.76. The Morgan fingerprint density at radius 3 is 2.70 bits per heavy atom. The van der Waals surface area contributed by atoms with Crippen molar-refractivity contribution in [1.82, 2.24) is 19.8 Å². The Labute approximate surface area is 136 Å². The molecule has 23 heavy (non-hydrogen) atoms. The lowest BCUT2D eigenvalue weighted by Gasteiger charge is -2.34. The highest BCUT2D eigenvalue weighted by Gasteiger charge is 2.31. The minimum atomic E-state index is 0.302. The zero-order chi connectivity index (χ0) is 15.6. The van der Waals surface area contributed by atoms with Gasteiger partial charge in [-0.25, -0.2) is 4.98 Å². The van der Waals surface area contributed by atoms with Gasteiger partial charge in [-0.05, 0) is 31.4 Å². The Kier molecular flexibility index (Phi) is 4.04. The average Bonchev–Trinajstić information content (AvgIpc) is 3.34. The minimum absolute atomic E-state index is 0.302. The summed E-state index contributed by atoms with van der Waals surface area (Å²) in [6, 6.07) is 8.88. The molecule has 2 aliphatic rings. The highest BCUT2D eigenvalue weighted by Crippen LogP contribution is 2.27. The predicted molar refractivity (Wildman–Crippen MR) is 90.2 cm³/mol. The normalized spacial score (nSPS) is 19.4. The molecule has 1 aliphatic heterocycles. The fourth-order valence-corrected chi connectivity index (χ4v) is 3.47. The van der Waals surface area contributed by atoms with Gasteiger partial charge in [-0.1, -0.05) is 12.1 Å². The van der Waals surface area contributed by atoms with Crippen molar-refractivity contribution in [3.63, 3.8) is 0 Å². The first-order valence-electron chi connectivity index (χ1n) is 8.75. The number of hydrogen-bond donors (Lipinski definition) is 1. The number of carbonyl (C=O) groups excluding carboxylic acids is 1. The van der Waals surface area contributed by atoms with Crippen LogP contribution in [0.25, 0.3) is 11.0 Å². The first kappa shape index (κ1) is 14.7. The third-order valence-corrected chi connectivity index (χ3v) is 4.97. The van der Waals surface area contributed by atoms with E-state index in [0.717, 1.165) is 61.9 Å². The van der Waals surface area contributed by atoms with Gasteiger partial charge in [0.05, 0.1) is 11.0 Å². The Morgan fingerprint density at radius 1 is 1.17 bits per heavy atom. The molecule has 122 valence electrons. The highest BCUT2D eigenvalue weighted by atomic mass is 16.2. The minimum Gasteiger partial charge on any atom is -0.342 e. The number of fused-ring (bicyclic) bond motifs is 1. The molecule has 0 spiro atoms.